The maximum Gasteiger partial charge on any atom is 0.429 e. The van der Waals surface area contributed by atoms with Gasteiger partial charge in [-0.2, -0.15) is 0 Å². The summed E-state index contributed by atoms with van der Waals surface area (Å²) in [4.78, 5) is 94.4. The Labute approximate surface area is 392 Å². The number of aliphatic carboxylic acids is 1. The van der Waals surface area contributed by atoms with Crippen molar-refractivity contribution in [3.8, 4) is 0 Å². The van der Waals surface area contributed by atoms with Gasteiger partial charge in [0.15, 0.2) is 10.8 Å². The number of carbonyl (C=O) groups is 6. The number of hydrazine groups is 1. The maximum atomic E-state index is 14.4. The molecule has 4 aliphatic heterocycles. The molecular formula is C47H44N8O10S2. The molecule has 0 unspecified atom stereocenters. The Bertz CT molecular complexity index is 2570. The third-order valence-corrected chi connectivity index (χ3v) is 13.3. The van der Waals surface area contributed by atoms with Gasteiger partial charge in [-0.1, -0.05) is 121 Å². The second kappa shape index (κ2) is 19.8. The Balaban J connectivity index is 1.03. The third-order valence-electron chi connectivity index (χ3n) is 11.4. The van der Waals surface area contributed by atoms with Crippen LogP contribution >= 0.6 is 23.1 Å². The highest BCUT2D eigenvalue weighted by atomic mass is 32.2. The van der Waals surface area contributed by atoms with Gasteiger partial charge in [0.2, 0.25) is 11.5 Å². The van der Waals surface area contributed by atoms with Crippen molar-refractivity contribution in [3.05, 3.63) is 167 Å². The van der Waals surface area contributed by atoms with E-state index in [1.165, 1.54) is 34.9 Å². The van der Waals surface area contributed by atoms with Gasteiger partial charge in [0.05, 0.1) is 19.1 Å². The fourth-order valence-electron chi connectivity index (χ4n) is 8.29. The highest BCUT2D eigenvalue weighted by Crippen LogP contribution is 2.43. The first-order chi connectivity index (χ1) is 32.5. The number of thioether (sulfide) groups is 1. The van der Waals surface area contributed by atoms with Gasteiger partial charge in [-0.3, -0.25) is 19.3 Å². The number of hydrogen-bond acceptors (Lipinski definition) is 14. The van der Waals surface area contributed by atoms with Crippen LogP contribution in [0.5, 0.6) is 0 Å². The SMILES string of the molecule is C=CCOC(=O)N1CC(N2CCC(=CC3=C(C(=O)O)N4C(=O)[C@@H](NC(=O)C(=NOC(c5ccccc5)(c5ccccc5)c5ccccc5)c5csc(N)n5)[C@H]4SC3)C2=O)CN1C(=O)OCC=C. The lowest BCUT2D eigenvalue weighted by Gasteiger charge is -2.49. The molecule has 0 bridgehead atoms. The van der Waals surface area contributed by atoms with Crippen LogP contribution < -0.4 is 11.1 Å². The zero-order chi connectivity index (χ0) is 47.2. The third kappa shape index (κ3) is 9.00. The van der Waals surface area contributed by atoms with E-state index in [0.717, 1.165) is 26.3 Å². The molecule has 8 rings (SSSR count). The molecule has 0 spiro atoms. The van der Waals surface area contributed by atoms with Crippen LogP contribution in [0.25, 0.3) is 0 Å². The molecule has 5 heterocycles. The summed E-state index contributed by atoms with van der Waals surface area (Å²) in [5.74, 6) is -3.26. The van der Waals surface area contributed by atoms with Crippen LogP contribution in [0.2, 0.25) is 0 Å². The summed E-state index contributed by atoms with van der Waals surface area (Å²) in [5, 5.41) is 20.8. The average Bonchev–Trinajstić information content (AvgIpc) is 4.09. The van der Waals surface area contributed by atoms with Gasteiger partial charge < -0.3 is 35.4 Å². The monoisotopic (exact) mass is 944 g/mol. The van der Waals surface area contributed by atoms with Gasteiger partial charge >= 0.3 is 18.2 Å². The van der Waals surface area contributed by atoms with Crippen LogP contribution in [0.4, 0.5) is 14.7 Å². The first-order valence-corrected chi connectivity index (χ1v) is 22.9. The minimum atomic E-state index is -1.40. The first kappa shape index (κ1) is 45.8. The van der Waals surface area contributed by atoms with Crippen molar-refractivity contribution in [2.45, 2.75) is 29.5 Å². The van der Waals surface area contributed by atoms with Crippen molar-refractivity contribution < 1.29 is 48.2 Å². The number of hydrogen-bond donors (Lipinski definition) is 3. The van der Waals surface area contributed by atoms with E-state index in [9.17, 15) is 33.9 Å². The molecule has 20 heteroatoms. The normalized spacial score (nSPS) is 19.2. The minimum Gasteiger partial charge on any atom is -0.477 e. The molecule has 0 saturated carbocycles. The lowest BCUT2D eigenvalue weighted by atomic mass is 9.80. The van der Waals surface area contributed by atoms with Gasteiger partial charge in [-0.25, -0.2) is 29.4 Å². The number of nitrogens with zero attached hydrogens (tertiary/aromatic N) is 6. The molecule has 3 aromatic carbocycles. The van der Waals surface area contributed by atoms with Gasteiger partial charge in [0, 0.05) is 39.9 Å². The zero-order valence-corrected chi connectivity index (χ0v) is 37.4. The number of carbonyl (C=O) groups excluding carboxylic acids is 5. The Hall–Kier alpha value is -7.71. The van der Waals surface area contributed by atoms with E-state index in [2.05, 4.69) is 28.6 Å². The second-order valence-corrected chi connectivity index (χ2v) is 17.4. The molecule has 18 nitrogen and oxygen atoms in total. The lowest BCUT2D eigenvalue weighted by Crippen LogP contribution is -2.71. The average molecular weight is 945 g/mol. The van der Waals surface area contributed by atoms with Crippen LogP contribution in [0.1, 0.15) is 28.8 Å². The molecule has 0 radical (unpaired) electrons. The summed E-state index contributed by atoms with van der Waals surface area (Å²) in [5.41, 5.74) is 6.80. The number of fused-ring (bicyclic) bond motifs is 1. The molecule has 3 saturated heterocycles. The molecular weight excluding hydrogens is 901 g/mol. The van der Waals surface area contributed by atoms with Gasteiger partial charge in [-0.05, 0) is 18.1 Å². The molecule has 5 amide bonds. The lowest BCUT2D eigenvalue weighted by molar-refractivity contribution is -0.150. The van der Waals surface area contributed by atoms with Crippen molar-refractivity contribution >= 4 is 69.8 Å². The van der Waals surface area contributed by atoms with E-state index >= 15 is 0 Å². The number of carboxylic acids is 1. The van der Waals surface area contributed by atoms with Crippen molar-refractivity contribution in [2.24, 2.45) is 5.16 Å². The van der Waals surface area contributed by atoms with E-state index in [-0.39, 0.29) is 78.4 Å². The number of allylic oxidation sites excluding steroid dienone is 1. The highest BCUT2D eigenvalue weighted by molar-refractivity contribution is 8.00. The van der Waals surface area contributed by atoms with E-state index < -0.39 is 58.9 Å². The number of amides is 5. The van der Waals surface area contributed by atoms with Crippen molar-refractivity contribution in [1.82, 2.24) is 30.1 Å². The molecule has 4 aromatic rings. The summed E-state index contributed by atoms with van der Waals surface area (Å²) >= 11 is 2.29. The van der Waals surface area contributed by atoms with Crippen LogP contribution in [0, 0.1) is 0 Å². The fourth-order valence-corrected chi connectivity index (χ4v) is 10.1. The number of nitrogen functional groups attached to an aromatic ring is 1. The predicted octanol–water partition coefficient (Wildman–Crippen LogP) is 4.88. The number of carboxylic acid groups (broad SMARTS) is 1. The summed E-state index contributed by atoms with van der Waals surface area (Å²) in [6.45, 7) is 6.92. The minimum absolute atomic E-state index is 0.0729. The molecule has 3 fully saturated rings. The highest BCUT2D eigenvalue weighted by Gasteiger charge is 2.55. The number of β-lactam (4-membered cyclic amide) rings is 1. The Kier molecular flexibility index (Phi) is 13.5. The second-order valence-electron chi connectivity index (χ2n) is 15.4. The van der Waals surface area contributed by atoms with Crippen molar-refractivity contribution in [3.63, 3.8) is 0 Å². The summed E-state index contributed by atoms with van der Waals surface area (Å²) < 4.78 is 10.3. The smallest absolute Gasteiger partial charge is 0.429 e. The number of benzene rings is 3. The van der Waals surface area contributed by atoms with Crippen LogP contribution in [-0.2, 0) is 39.1 Å². The number of anilines is 1. The number of nitrogens with one attached hydrogen (secondary N) is 1. The molecule has 344 valence electrons. The molecule has 2 atom stereocenters. The number of oxime groups is 1. The molecule has 4 aliphatic rings. The van der Waals surface area contributed by atoms with Gasteiger partial charge in [0.1, 0.15) is 36.0 Å². The van der Waals surface area contributed by atoms with E-state index in [0.29, 0.717) is 16.7 Å². The van der Waals surface area contributed by atoms with Crippen LogP contribution in [0.15, 0.2) is 150 Å². The molecule has 0 aliphatic carbocycles. The number of nitrogens with two attached hydrogens (primary N) is 1. The molecule has 67 heavy (non-hydrogen) atoms. The van der Waals surface area contributed by atoms with Gasteiger partial charge in [0.25, 0.3) is 11.8 Å². The molecule has 4 N–H and O–H groups in total. The number of thiazole rings is 1. The van der Waals surface area contributed by atoms with E-state index in [4.69, 9.17) is 20.0 Å². The Morgan fingerprint density at radius 1 is 0.881 bits per heavy atom. The van der Waals surface area contributed by atoms with E-state index in [1.54, 1.807) is 5.38 Å². The summed E-state index contributed by atoms with van der Waals surface area (Å²) in [7, 11) is 0. The number of ether oxygens (including phenoxy) is 2. The number of rotatable bonds is 15. The molecule has 1 aromatic heterocycles. The Morgan fingerprint density at radius 2 is 1.43 bits per heavy atom. The predicted molar refractivity (Wildman–Crippen MR) is 248 cm³/mol. The maximum absolute atomic E-state index is 14.4. The van der Waals surface area contributed by atoms with Crippen LogP contribution in [0.3, 0.4) is 0 Å². The number of likely N-dealkylation sites (tertiary alicyclic amines) is 1. The first-order valence-electron chi connectivity index (χ1n) is 20.9. The van der Waals surface area contributed by atoms with Crippen LogP contribution in [-0.4, -0.2) is 128 Å². The quantitative estimate of drug-likeness (QED) is 0.0361. The zero-order valence-electron chi connectivity index (χ0n) is 35.8. The van der Waals surface area contributed by atoms with E-state index in [1.807, 2.05) is 91.0 Å². The summed E-state index contributed by atoms with van der Waals surface area (Å²) in [6, 6.07) is 26.4. The van der Waals surface area contributed by atoms with Gasteiger partial charge in [-0.15, -0.1) is 23.1 Å². The Morgan fingerprint density at radius 3 is 1.93 bits per heavy atom. The van der Waals surface area contributed by atoms with Crippen molar-refractivity contribution in [1.29, 1.82) is 0 Å². The number of aromatic nitrogens is 1. The summed E-state index contributed by atoms with van der Waals surface area (Å²) in [6.07, 6.45) is 2.78. The largest absolute Gasteiger partial charge is 0.477 e. The fraction of sp³-hybridized carbons (Fsp3) is 0.234. The topological polar surface area (TPSA) is 227 Å². The van der Waals surface area contributed by atoms with Crippen molar-refractivity contribution in [2.75, 3.05) is 44.3 Å². The standard InChI is InChI=1S/C47H44N8O10S2/c1-3-22-63-45(61)53-25-34(26-54(53)46(62)64-23-4-2)52-21-20-29(40(52)57)24-30-27-66-42-37(41(58)55(42)38(30)43(59)60)50-39(56)36(35-28-67-44(48)49-35)51-65-47(31-14-8-5-9-15-31,32-16-10-6-11-17-32)33-18-12-7-13-19-33/h3-19,24,28,34,37,42H,1-2,20-23,25-27H2,(H2,48,49)(H,50,56)(H,59,60)/t37-,42-/m1/s1.